The van der Waals surface area contributed by atoms with Crippen molar-refractivity contribution in [2.45, 2.75) is 31.9 Å². The van der Waals surface area contributed by atoms with E-state index in [-0.39, 0.29) is 23.8 Å². The van der Waals surface area contributed by atoms with Crippen molar-refractivity contribution >= 4 is 17.6 Å². The summed E-state index contributed by atoms with van der Waals surface area (Å²) >= 11 is 0. The van der Waals surface area contributed by atoms with E-state index in [0.717, 1.165) is 11.1 Å². The predicted molar refractivity (Wildman–Crippen MR) is 133 cm³/mol. The van der Waals surface area contributed by atoms with Gasteiger partial charge in [0.15, 0.2) is 0 Å². The zero-order chi connectivity index (χ0) is 25.7. The first-order chi connectivity index (χ1) is 17.3. The average Bonchev–Trinajstić information content (AvgIpc) is 3.27. The number of aryl methyl sites for hydroxylation is 1. The fraction of sp³-hybridized carbons (Fsp3) is 0.346. The normalized spacial score (nSPS) is 14.9. The van der Waals surface area contributed by atoms with Gasteiger partial charge in [-0.3, -0.25) is 14.3 Å². The second-order valence-electron chi connectivity index (χ2n) is 8.96. The van der Waals surface area contributed by atoms with Gasteiger partial charge in [-0.2, -0.15) is 10.4 Å². The molecule has 1 aliphatic heterocycles. The fourth-order valence-corrected chi connectivity index (χ4v) is 3.93. The van der Waals surface area contributed by atoms with Gasteiger partial charge in [0.1, 0.15) is 23.7 Å². The van der Waals surface area contributed by atoms with E-state index in [9.17, 15) is 9.59 Å². The van der Waals surface area contributed by atoms with E-state index in [1.807, 2.05) is 12.1 Å². The zero-order valence-corrected chi connectivity index (χ0v) is 20.5. The van der Waals surface area contributed by atoms with Crippen molar-refractivity contribution in [2.24, 2.45) is 7.05 Å². The summed E-state index contributed by atoms with van der Waals surface area (Å²) in [6, 6.07) is 12.4. The summed E-state index contributed by atoms with van der Waals surface area (Å²) in [5.41, 5.74) is 2.42. The summed E-state index contributed by atoms with van der Waals surface area (Å²) in [4.78, 5) is 30.5. The van der Waals surface area contributed by atoms with Crippen LogP contribution in [0.5, 0.6) is 5.75 Å². The number of carbonyl (C=O) groups excluding carboxylic acids is 2. The lowest BCUT2D eigenvalue weighted by Gasteiger charge is -2.38. The molecule has 2 atom stereocenters. The van der Waals surface area contributed by atoms with Crippen LogP contribution >= 0.6 is 0 Å². The summed E-state index contributed by atoms with van der Waals surface area (Å²) < 4.78 is 7.47. The number of pyridine rings is 1. The molecule has 0 radical (unpaired) electrons. The smallest absolute Gasteiger partial charge is 0.247 e. The van der Waals surface area contributed by atoms with Gasteiger partial charge in [-0.15, -0.1) is 0 Å². The number of likely N-dealkylation sites (tertiary alicyclic amines) is 1. The van der Waals surface area contributed by atoms with Gasteiger partial charge in [0.2, 0.25) is 11.8 Å². The van der Waals surface area contributed by atoms with E-state index in [1.165, 1.54) is 6.92 Å². The highest BCUT2D eigenvalue weighted by Gasteiger charge is 2.30. The van der Waals surface area contributed by atoms with Crippen molar-refractivity contribution in [3.05, 3.63) is 71.7 Å². The van der Waals surface area contributed by atoms with Crippen molar-refractivity contribution in [1.29, 1.82) is 5.26 Å². The van der Waals surface area contributed by atoms with Gasteiger partial charge in [-0.25, -0.2) is 4.98 Å². The molecule has 36 heavy (non-hydrogen) atoms. The Morgan fingerprint density at radius 2 is 1.92 bits per heavy atom. The van der Waals surface area contributed by atoms with E-state index in [4.69, 9.17) is 10.00 Å². The highest BCUT2D eigenvalue weighted by atomic mass is 16.5. The summed E-state index contributed by atoms with van der Waals surface area (Å²) in [6.07, 6.45) is 4.98. The monoisotopic (exact) mass is 487 g/mol. The number of anilines is 1. The van der Waals surface area contributed by atoms with Crippen LogP contribution in [0.3, 0.4) is 0 Å². The molecule has 10 heteroatoms. The molecule has 2 N–H and O–H groups in total. The molecule has 0 bridgehead atoms. The second kappa shape index (κ2) is 11.0. The van der Waals surface area contributed by atoms with Crippen molar-refractivity contribution in [1.82, 2.24) is 25.0 Å². The van der Waals surface area contributed by atoms with E-state index >= 15 is 0 Å². The van der Waals surface area contributed by atoms with Crippen molar-refractivity contribution in [2.75, 3.05) is 25.0 Å². The number of nitriles is 1. The lowest BCUT2D eigenvalue weighted by Crippen LogP contribution is -2.55. The molecule has 1 fully saturated rings. The summed E-state index contributed by atoms with van der Waals surface area (Å²) in [6.45, 7) is 5.26. The van der Waals surface area contributed by atoms with Gasteiger partial charge in [0, 0.05) is 32.3 Å². The summed E-state index contributed by atoms with van der Waals surface area (Å²) in [5, 5.41) is 19.4. The third-order valence-electron chi connectivity index (χ3n) is 6.14. The fourth-order valence-electron chi connectivity index (χ4n) is 3.93. The molecule has 0 unspecified atom stereocenters. The minimum atomic E-state index is -0.634. The van der Waals surface area contributed by atoms with E-state index in [0.29, 0.717) is 36.8 Å². The molecule has 0 aliphatic carbocycles. The lowest BCUT2D eigenvalue weighted by atomic mass is 9.99. The van der Waals surface area contributed by atoms with Gasteiger partial charge in [0.25, 0.3) is 0 Å². The number of ether oxygens (including phenoxy) is 1. The van der Waals surface area contributed by atoms with Crippen LogP contribution in [0.4, 0.5) is 5.82 Å². The topological polar surface area (TPSA) is 125 Å². The van der Waals surface area contributed by atoms with Crippen molar-refractivity contribution in [3.8, 4) is 11.8 Å². The predicted octanol–water partition coefficient (Wildman–Crippen LogP) is 2.37. The number of hydrogen-bond acceptors (Lipinski definition) is 7. The minimum Gasteiger partial charge on any atom is -0.485 e. The number of amides is 2. The molecule has 0 saturated carbocycles. The highest BCUT2D eigenvalue weighted by molar-refractivity contribution is 5.94. The Balaban J connectivity index is 1.37. The molecule has 2 amide bonds. The Hall–Kier alpha value is -4.23. The van der Waals surface area contributed by atoms with Crippen LogP contribution in [0, 0.1) is 11.3 Å². The molecule has 1 aromatic carbocycles. The minimum absolute atomic E-state index is 0.0362. The molecule has 2 aromatic heterocycles. The van der Waals surface area contributed by atoms with Crippen LogP contribution in [0.1, 0.15) is 42.5 Å². The molecule has 186 valence electrons. The second-order valence-corrected chi connectivity index (χ2v) is 8.96. The molecular weight excluding hydrogens is 458 g/mol. The Labute approximate surface area is 209 Å². The molecular formula is C26H29N7O3. The van der Waals surface area contributed by atoms with Gasteiger partial charge in [0.05, 0.1) is 37.1 Å². The Morgan fingerprint density at radius 3 is 2.50 bits per heavy atom. The lowest BCUT2D eigenvalue weighted by molar-refractivity contribution is -0.137. The Kier molecular flexibility index (Phi) is 7.61. The van der Waals surface area contributed by atoms with Crippen LogP contribution in [0.15, 0.2) is 55.0 Å². The Morgan fingerprint density at radius 1 is 1.17 bits per heavy atom. The van der Waals surface area contributed by atoms with Crippen LogP contribution in [0.2, 0.25) is 0 Å². The number of nitrogens with zero attached hydrogens (tertiary/aromatic N) is 5. The number of aromatic nitrogens is 3. The van der Waals surface area contributed by atoms with Gasteiger partial charge in [-0.1, -0.05) is 19.1 Å². The standard InChI is InChI=1S/C26H29N7O3/c1-17(20-6-4-19(10-27)5-7-20)11-29-25(21-12-30-32(3)14-21)26(35)31-24-9-8-22(13-28-24)36-23-15-33(16-23)18(2)34/h4-9,12-14,17,23,25,29H,11,15-16H2,1-3H3,(H,28,31,35)/t17-,25-/m0/s1. The van der Waals surface area contributed by atoms with Gasteiger partial charge < -0.3 is 20.3 Å². The van der Waals surface area contributed by atoms with Crippen LogP contribution in [-0.2, 0) is 16.6 Å². The van der Waals surface area contributed by atoms with Crippen molar-refractivity contribution < 1.29 is 14.3 Å². The van der Waals surface area contributed by atoms with Crippen LogP contribution in [0.25, 0.3) is 0 Å². The quantitative estimate of drug-likeness (QED) is 0.475. The number of carbonyl (C=O) groups is 2. The summed E-state index contributed by atoms with van der Waals surface area (Å²) in [7, 11) is 1.80. The maximum Gasteiger partial charge on any atom is 0.247 e. The maximum atomic E-state index is 13.2. The largest absolute Gasteiger partial charge is 0.485 e. The number of rotatable bonds is 9. The van der Waals surface area contributed by atoms with Crippen molar-refractivity contribution in [3.63, 3.8) is 0 Å². The average molecular weight is 488 g/mol. The Bertz CT molecular complexity index is 1240. The molecule has 3 heterocycles. The first-order valence-electron chi connectivity index (χ1n) is 11.7. The van der Waals surface area contributed by atoms with E-state index in [2.05, 4.69) is 33.7 Å². The first-order valence-corrected chi connectivity index (χ1v) is 11.7. The van der Waals surface area contributed by atoms with E-state index < -0.39 is 6.04 Å². The zero-order valence-electron chi connectivity index (χ0n) is 20.5. The number of benzene rings is 1. The first kappa shape index (κ1) is 24.9. The number of nitrogens with one attached hydrogen (secondary N) is 2. The molecule has 0 spiro atoms. The molecule has 1 saturated heterocycles. The van der Waals surface area contributed by atoms with E-state index in [1.54, 1.807) is 59.5 Å². The molecule has 4 rings (SSSR count). The van der Waals surface area contributed by atoms with Crippen LogP contribution in [-0.4, -0.2) is 57.2 Å². The maximum absolute atomic E-state index is 13.2. The van der Waals surface area contributed by atoms with Gasteiger partial charge in [-0.05, 0) is 35.7 Å². The summed E-state index contributed by atoms with van der Waals surface area (Å²) in [5.74, 6) is 0.882. The highest BCUT2D eigenvalue weighted by Crippen LogP contribution is 2.21. The van der Waals surface area contributed by atoms with Crippen LogP contribution < -0.4 is 15.4 Å². The molecule has 3 aromatic rings. The van der Waals surface area contributed by atoms with Gasteiger partial charge >= 0.3 is 0 Å². The molecule has 10 nitrogen and oxygen atoms in total. The third-order valence-corrected chi connectivity index (χ3v) is 6.14. The third kappa shape index (κ3) is 6.06. The number of hydrogen-bond donors (Lipinski definition) is 2. The SMILES string of the molecule is CC(=O)N1CC(Oc2ccc(NC(=O)[C@@H](NC[C@H](C)c3ccc(C#N)cc3)c3cnn(C)c3)nc2)C1. The molecule has 1 aliphatic rings.